The van der Waals surface area contributed by atoms with Gasteiger partial charge in [0.25, 0.3) is 5.95 Å². The van der Waals surface area contributed by atoms with Gasteiger partial charge in [-0.2, -0.15) is 24.7 Å². The van der Waals surface area contributed by atoms with E-state index in [9.17, 15) is 5.11 Å². The number of nitrogens with zero attached hydrogens (tertiary/aromatic N) is 6. The fourth-order valence-electron chi connectivity index (χ4n) is 1.16. The fourth-order valence-corrected chi connectivity index (χ4v) is 1.31. The molecule has 9 nitrogen and oxygen atoms in total. The molecule has 102 valence electrons. The van der Waals surface area contributed by atoms with E-state index in [2.05, 4.69) is 30.4 Å². The average Bonchev–Trinajstić information content (AvgIpc) is 2.90. The predicted molar refractivity (Wildman–Crippen MR) is 66.0 cm³/mol. The Morgan fingerprint density at radius 2 is 2.21 bits per heavy atom. The Morgan fingerprint density at radius 1 is 1.42 bits per heavy atom. The first-order chi connectivity index (χ1) is 9.00. The van der Waals surface area contributed by atoms with Gasteiger partial charge in [0.1, 0.15) is 18.3 Å². The van der Waals surface area contributed by atoms with E-state index in [0.717, 1.165) is 0 Å². The number of hydrogen-bond acceptors (Lipinski definition) is 8. The smallest absolute Gasteiger partial charge is 0.258 e. The minimum absolute atomic E-state index is 0.0216. The highest BCUT2D eigenvalue weighted by Crippen LogP contribution is 2.10. The largest absolute Gasteiger partial charge is 0.393 e. The Balaban J connectivity index is 2.18. The van der Waals surface area contributed by atoms with Crippen molar-refractivity contribution in [1.82, 2.24) is 29.7 Å². The average molecular weight is 286 g/mol. The van der Waals surface area contributed by atoms with E-state index < -0.39 is 12.2 Å². The molecule has 2 aromatic rings. The van der Waals surface area contributed by atoms with Gasteiger partial charge in [-0.05, 0) is 18.5 Å². The van der Waals surface area contributed by atoms with Crippen LogP contribution in [0.2, 0.25) is 5.28 Å². The normalized spacial score (nSPS) is 14.1. The van der Waals surface area contributed by atoms with Crippen molar-refractivity contribution >= 4 is 17.5 Å². The lowest BCUT2D eigenvalue weighted by molar-refractivity contribution is 0.0131. The van der Waals surface area contributed by atoms with Crippen LogP contribution in [0.5, 0.6) is 0 Å². The molecule has 0 amide bonds. The molecule has 2 rings (SSSR count). The molecule has 2 aromatic heterocycles. The zero-order valence-electron chi connectivity index (χ0n) is 10.0. The number of aliphatic hydroxyl groups excluding tert-OH is 1. The highest BCUT2D eigenvalue weighted by Gasteiger charge is 2.19. The maximum absolute atomic E-state index is 9.66. The molecule has 1 atom stereocenters. The third-order valence-electron chi connectivity index (χ3n) is 2.19. The minimum atomic E-state index is -1.29. The van der Waals surface area contributed by atoms with E-state index in [-0.39, 0.29) is 23.7 Å². The van der Waals surface area contributed by atoms with Gasteiger partial charge in [-0.1, -0.05) is 0 Å². The second-order valence-electron chi connectivity index (χ2n) is 4.08. The Hall–Kier alpha value is -1.84. The monoisotopic (exact) mass is 285 g/mol. The fraction of sp³-hybridized carbons (Fsp3) is 0.444. The van der Waals surface area contributed by atoms with E-state index in [1.54, 1.807) is 0 Å². The lowest BCUT2D eigenvalue weighted by atomic mass is 10.1. The molecule has 0 bridgehead atoms. The van der Waals surface area contributed by atoms with Crippen molar-refractivity contribution < 1.29 is 10.2 Å². The van der Waals surface area contributed by atoms with Gasteiger partial charge in [-0.25, -0.2) is 4.98 Å². The first kappa shape index (κ1) is 13.6. The Morgan fingerprint density at radius 3 is 2.84 bits per heavy atom. The van der Waals surface area contributed by atoms with Gasteiger partial charge in [-0.15, -0.1) is 0 Å². The molecular weight excluding hydrogens is 274 g/mol. The molecule has 0 spiro atoms. The summed E-state index contributed by atoms with van der Waals surface area (Å²) in [6.07, 6.45) is 2.75. The minimum Gasteiger partial charge on any atom is -0.393 e. The second-order valence-corrected chi connectivity index (χ2v) is 4.41. The molecule has 0 radical (unpaired) electrons. The number of aromatic nitrogens is 6. The zero-order chi connectivity index (χ0) is 13.9. The van der Waals surface area contributed by atoms with Crippen LogP contribution in [0.3, 0.4) is 0 Å². The standard InChI is InChI=1S/C9H12ClN7O2/c1-9(19,3-18)2-12-7-14-6(10)15-8(16-7)17-5-11-4-13-17/h4-5,18-19H,2-3H2,1H3,(H,12,14,15,16). The lowest BCUT2D eigenvalue weighted by Gasteiger charge is -2.20. The maximum Gasteiger partial charge on any atom is 0.258 e. The zero-order valence-corrected chi connectivity index (χ0v) is 10.8. The van der Waals surface area contributed by atoms with Crippen LogP contribution in [0.1, 0.15) is 6.92 Å². The molecule has 0 saturated carbocycles. The summed E-state index contributed by atoms with van der Waals surface area (Å²) in [7, 11) is 0. The van der Waals surface area contributed by atoms with E-state index in [4.69, 9.17) is 16.7 Å². The van der Waals surface area contributed by atoms with Crippen molar-refractivity contribution in [2.24, 2.45) is 0 Å². The van der Waals surface area contributed by atoms with Gasteiger partial charge in [0.15, 0.2) is 0 Å². The molecule has 1 unspecified atom stereocenters. The second kappa shape index (κ2) is 5.43. The van der Waals surface area contributed by atoms with Crippen LogP contribution in [-0.2, 0) is 0 Å². The highest BCUT2D eigenvalue weighted by atomic mass is 35.5. The van der Waals surface area contributed by atoms with Crippen molar-refractivity contribution in [1.29, 1.82) is 0 Å². The van der Waals surface area contributed by atoms with Crippen LogP contribution in [0.25, 0.3) is 5.95 Å². The van der Waals surface area contributed by atoms with Gasteiger partial charge >= 0.3 is 0 Å². The van der Waals surface area contributed by atoms with Gasteiger partial charge in [0.2, 0.25) is 11.2 Å². The number of nitrogens with one attached hydrogen (secondary N) is 1. The number of halogens is 1. The summed E-state index contributed by atoms with van der Waals surface area (Å²) in [4.78, 5) is 15.6. The maximum atomic E-state index is 9.66. The summed E-state index contributed by atoms with van der Waals surface area (Å²) >= 11 is 5.78. The van der Waals surface area contributed by atoms with Gasteiger partial charge < -0.3 is 15.5 Å². The van der Waals surface area contributed by atoms with E-state index in [1.807, 2.05) is 0 Å². The summed E-state index contributed by atoms with van der Waals surface area (Å²) < 4.78 is 1.32. The molecule has 0 aliphatic rings. The van der Waals surface area contributed by atoms with Crippen LogP contribution in [0.4, 0.5) is 5.95 Å². The van der Waals surface area contributed by atoms with Crippen molar-refractivity contribution in [3.63, 3.8) is 0 Å². The first-order valence-electron chi connectivity index (χ1n) is 5.34. The van der Waals surface area contributed by atoms with Crippen LogP contribution in [-0.4, -0.2) is 58.7 Å². The molecule has 2 heterocycles. The molecule has 0 fully saturated rings. The SMILES string of the molecule is CC(O)(CO)CNc1nc(Cl)nc(-n2cncn2)n1. The van der Waals surface area contributed by atoms with Crippen molar-refractivity contribution in [3.05, 3.63) is 17.9 Å². The van der Waals surface area contributed by atoms with Crippen LogP contribution < -0.4 is 5.32 Å². The third kappa shape index (κ3) is 3.56. The van der Waals surface area contributed by atoms with Crippen molar-refractivity contribution in [2.75, 3.05) is 18.5 Å². The van der Waals surface area contributed by atoms with Crippen LogP contribution in [0, 0.1) is 0 Å². The lowest BCUT2D eigenvalue weighted by Crippen LogP contribution is -2.37. The summed E-state index contributed by atoms with van der Waals surface area (Å²) in [5, 5.41) is 25.2. The number of hydrogen-bond donors (Lipinski definition) is 3. The van der Waals surface area contributed by atoms with Crippen molar-refractivity contribution in [2.45, 2.75) is 12.5 Å². The first-order valence-corrected chi connectivity index (χ1v) is 5.72. The Bertz CT molecular complexity index is 546. The molecule has 0 aliphatic heterocycles. The summed E-state index contributed by atoms with van der Waals surface area (Å²) in [5.41, 5.74) is -1.29. The summed E-state index contributed by atoms with van der Waals surface area (Å²) in [5.74, 6) is 0.364. The molecule has 19 heavy (non-hydrogen) atoms. The third-order valence-corrected chi connectivity index (χ3v) is 2.36. The molecule has 3 N–H and O–H groups in total. The molecule has 0 saturated heterocycles. The molecular formula is C9H12ClN7O2. The van der Waals surface area contributed by atoms with E-state index >= 15 is 0 Å². The predicted octanol–water partition coefficient (Wildman–Crippen LogP) is -0.739. The number of rotatable bonds is 5. The topological polar surface area (TPSA) is 122 Å². The number of anilines is 1. The molecule has 0 aliphatic carbocycles. The van der Waals surface area contributed by atoms with Gasteiger partial charge in [-0.3, -0.25) is 0 Å². The number of aliphatic hydroxyl groups is 2. The van der Waals surface area contributed by atoms with Crippen molar-refractivity contribution in [3.8, 4) is 5.95 Å². The van der Waals surface area contributed by atoms with Crippen LogP contribution in [0.15, 0.2) is 12.7 Å². The quantitative estimate of drug-likeness (QED) is 0.657. The Kier molecular flexibility index (Phi) is 3.88. The summed E-state index contributed by atoms with van der Waals surface area (Å²) in [6, 6.07) is 0. The molecule has 10 heteroatoms. The Labute approximate surface area is 113 Å². The summed E-state index contributed by atoms with van der Waals surface area (Å²) in [6.45, 7) is 1.14. The highest BCUT2D eigenvalue weighted by molar-refractivity contribution is 6.28. The van der Waals surface area contributed by atoms with Crippen LogP contribution >= 0.6 is 11.6 Å². The van der Waals surface area contributed by atoms with Gasteiger partial charge in [0.05, 0.1) is 6.61 Å². The van der Waals surface area contributed by atoms with E-state index in [1.165, 1.54) is 24.3 Å². The molecule has 0 aromatic carbocycles. The van der Waals surface area contributed by atoms with E-state index in [0.29, 0.717) is 0 Å². The van der Waals surface area contributed by atoms with Gasteiger partial charge in [0, 0.05) is 6.54 Å².